The zero-order chi connectivity index (χ0) is 13.9. The van der Waals surface area contributed by atoms with Crippen LogP contribution in [0.25, 0.3) is 0 Å². The van der Waals surface area contributed by atoms with Gasteiger partial charge in [-0.3, -0.25) is 4.79 Å². The summed E-state index contributed by atoms with van der Waals surface area (Å²) in [5.74, 6) is 0.599. The molecule has 0 bridgehead atoms. The van der Waals surface area contributed by atoms with Crippen LogP contribution < -0.4 is 15.8 Å². The molecule has 1 aliphatic heterocycles. The lowest BCUT2D eigenvalue weighted by molar-refractivity contribution is -0.121. The predicted octanol–water partition coefficient (Wildman–Crippen LogP) is 1.45. The molecule has 1 aromatic rings. The predicted molar refractivity (Wildman–Crippen MR) is 73.3 cm³/mol. The number of carbonyl (C=O) groups excluding carboxylic acids is 1. The first-order chi connectivity index (χ1) is 9.05. The average Bonchev–Trinajstić information content (AvgIpc) is 2.81. The summed E-state index contributed by atoms with van der Waals surface area (Å²) in [6.45, 7) is 5.28. The topological polar surface area (TPSA) is 73.6 Å². The third-order valence-electron chi connectivity index (χ3n) is 3.26. The molecule has 5 heteroatoms. The molecule has 3 N–H and O–H groups in total. The molecule has 0 aromatic heterocycles. The number of nitrogens with one attached hydrogen (secondary N) is 1. The number of carbonyl (C=O) groups is 1. The Labute approximate surface area is 113 Å². The minimum absolute atomic E-state index is 0.197. The van der Waals surface area contributed by atoms with Gasteiger partial charge in [0.25, 0.3) is 0 Å². The van der Waals surface area contributed by atoms with Crippen LogP contribution in [-0.4, -0.2) is 31.3 Å². The summed E-state index contributed by atoms with van der Waals surface area (Å²) in [5.41, 5.74) is 6.81. The van der Waals surface area contributed by atoms with E-state index in [0.29, 0.717) is 19.6 Å². The van der Waals surface area contributed by atoms with Crippen LogP contribution in [0.4, 0.5) is 5.69 Å². The van der Waals surface area contributed by atoms with Gasteiger partial charge in [-0.15, -0.1) is 0 Å². The van der Waals surface area contributed by atoms with Crippen LogP contribution in [0, 0.1) is 6.92 Å². The molecule has 0 spiro atoms. The van der Waals surface area contributed by atoms with Crippen molar-refractivity contribution in [1.29, 1.82) is 0 Å². The van der Waals surface area contributed by atoms with Crippen LogP contribution in [0.15, 0.2) is 18.2 Å². The number of ether oxygens (including phenoxy) is 2. The summed E-state index contributed by atoms with van der Waals surface area (Å²) in [4.78, 5) is 12.2. The van der Waals surface area contributed by atoms with Gasteiger partial charge in [0.05, 0.1) is 13.2 Å². The lowest BCUT2D eigenvalue weighted by Crippen LogP contribution is -2.51. The Kier molecular flexibility index (Phi) is 4.07. The highest BCUT2D eigenvalue weighted by Gasteiger charge is 2.38. The second-order valence-corrected chi connectivity index (χ2v) is 4.82. The van der Waals surface area contributed by atoms with E-state index >= 15 is 0 Å². The van der Waals surface area contributed by atoms with E-state index in [2.05, 4.69) is 5.32 Å². The Morgan fingerprint density at radius 1 is 1.58 bits per heavy atom. The quantitative estimate of drug-likeness (QED) is 0.863. The van der Waals surface area contributed by atoms with Crippen molar-refractivity contribution in [2.45, 2.75) is 25.8 Å². The van der Waals surface area contributed by atoms with E-state index in [1.807, 2.05) is 32.0 Å². The summed E-state index contributed by atoms with van der Waals surface area (Å²) in [7, 11) is 0. The van der Waals surface area contributed by atoms with Crippen molar-refractivity contribution in [3.63, 3.8) is 0 Å². The Morgan fingerprint density at radius 2 is 2.37 bits per heavy atom. The van der Waals surface area contributed by atoms with Gasteiger partial charge in [0.15, 0.2) is 0 Å². The highest BCUT2D eigenvalue weighted by Crippen LogP contribution is 2.24. The number of benzene rings is 1. The van der Waals surface area contributed by atoms with Crippen LogP contribution >= 0.6 is 0 Å². The number of nitrogens with two attached hydrogens (primary N) is 1. The molecule has 1 heterocycles. The normalized spacial score (nSPS) is 22.3. The standard InChI is InChI=1S/C14H20N2O3/c1-3-19-11-4-5-12(10(2)8-11)16-13(17)14(15)6-7-18-9-14/h4-5,8H,3,6-7,9,15H2,1-2H3,(H,16,17). The van der Waals surface area contributed by atoms with Gasteiger partial charge in [0.2, 0.25) is 5.91 Å². The summed E-state index contributed by atoms with van der Waals surface area (Å²) >= 11 is 0. The van der Waals surface area contributed by atoms with Crippen LogP contribution in [0.3, 0.4) is 0 Å². The molecule has 0 saturated carbocycles. The Morgan fingerprint density at radius 3 is 2.95 bits per heavy atom. The van der Waals surface area contributed by atoms with E-state index in [4.69, 9.17) is 15.2 Å². The van der Waals surface area contributed by atoms with Gasteiger partial charge in [-0.05, 0) is 44.0 Å². The molecule has 19 heavy (non-hydrogen) atoms. The van der Waals surface area contributed by atoms with Crippen LogP contribution in [0.5, 0.6) is 5.75 Å². The molecule has 2 rings (SSSR count). The molecular weight excluding hydrogens is 244 g/mol. The van der Waals surface area contributed by atoms with Gasteiger partial charge in [0, 0.05) is 12.3 Å². The Bertz CT molecular complexity index is 468. The summed E-state index contributed by atoms with van der Waals surface area (Å²) in [6, 6.07) is 5.56. The van der Waals surface area contributed by atoms with Gasteiger partial charge >= 0.3 is 0 Å². The molecule has 1 aromatic carbocycles. The van der Waals surface area contributed by atoms with Crippen LogP contribution in [-0.2, 0) is 9.53 Å². The van der Waals surface area contributed by atoms with Gasteiger partial charge in [-0.25, -0.2) is 0 Å². The number of rotatable bonds is 4. The lowest BCUT2D eigenvalue weighted by Gasteiger charge is -2.21. The number of amides is 1. The molecule has 0 radical (unpaired) electrons. The lowest BCUT2D eigenvalue weighted by atomic mass is 9.99. The number of aryl methyl sites for hydroxylation is 1. The fourth-order valence-electron chi connectivity index (χ4n) is 2.04. The van der Waals surface area contributed by atoms with Crippen LogP contribution in [0.1, 0.15) is 18.9 Å². The first-order valence-corrected chi connectivity index (χ1v) is 6.47. The minimum atomic E-state index is -0.912. The fraction of sp³-hybridized carbons (Fsp3) is 0.500. The molecule has 1 saturated heterocycles. The van der Waals surface area contributed by atoms with Crippen molar-refractivity contribution in [2.24, 2.45) is 5.73 Å². The van der Waals surface area contributed by atoms with Crippen LogP contribution in [0.2, 0.25) is 0 Å². The maximum absolute atomic E-state index is 12.2. The van der Waals surface area contributed by atoms with Gasteiger partial charge in [-0.1, -0.05) is 0 Å². The molecule has 1 amide bonds. The van der Waals surface area contributed by atoms with Crippen molar-refractivity contribution in [1.82, 2.24) is 0 Å². The molecule has 1 unspecified atom stereocenters. The van der Waals surface area contributed by atoms with Crippen molar-refractivity contribution in [3.8, 4) is 5.75 Å². The highest BCUT2D eigenvalue weighted by atomic mass is 16.5. The first-order valence-electron chi connectivity index (χ1n) is 6.47. The monoisotopic (exact) mass is 264 g/mol. The average molecular weight is 264 g/mol. The van der Waals surface area contributed by atoms with Gasteiger partial charge in [-0.2, -0.15) is 0 Å². The molecule has 5 nitrogen and oxygen atoms in total. The summed E-state index contributed by atoms with van der Waals surface area (Å²) < 4.78 is 10.6. The van der Waals surface area contributed by atoms with E-state index in [9.17, 15) is 4.79 Å². The van der Waals surface area contributed by atoms with Gasteiger partial charge in [0.1, 0.15) is 11.3 Å². The third kappa shape index (κ3) is 3.05. The smallest absolute Gasteiger partial charge is 0.246 e. The summed E-state index contributed by atoms with van der Waals surface area (Å²) in [5, 5.41) is 2.86. The fourth-order valence-corrected chi connectivity index (χ4v) is 2.04. The van der Waals surface area contributed by atoms with E-state index < -0.39 is 5.54 Å². The number of anilines is 1. The number of hydrogen-bond donors (Lipinski definition) is 2. The van der Waals surface area contributed by atoms with Crippen molar-refractivity contribution in [2.75, 3.05) is 25.1 Å². The molecule has 104 valence electrons. The highest BCUT2D eigenvalue weighted by molar-refractivity contribution is 5.98. The van der Waals surface area contributed by atoms with Crippen molar-refractivity contribution in [3.05, 3.63) is 23.8 Å². The van der Waals surface area contributed by atoms with Gasteiger partial charge < -0.3 is 20.5 Å². The largest absolute Gasteiger partial charge is 0.494 e. The number of hydrogen-bond acceptors (Lipinski definition) is 4. The van der Waals surface area contributed by atoms with E-state index in [1.54, 1.807) is 0 Å². The van der Waals surface area contributed by atoms with Crippen molar-refractivity contribution < 1.29 is 14.3 Å². The zero-order valence-corrected chi connectivity index (χ0v) is 11.4. The third-order valence-corrected chi connectivity index (χ3v) is 3.26. The second-order valence-electron chi connectivity index (χ2n) is 4.82. The zero-order valence-electron chi connectivity index (χ0n) is 11.4. The molecule has 1 atom stereocenters. The van der Waals surface area contributed by atoms with E-state index in [-0.39, 0.29) is 12.5 Å². The van der Waals surface area contributed by atoms with Crippen molar-refractivity contribution >= 4 is 11.6 Å². The SMILES string of the molecule is CCOc1ccc(NC(=O)C2(N)CCOC2)c(C)c1. The molecule has 1 fully saturated rings. The maximum Gasteiger partial charge on any atom is 0.246 e. The minimum Gasteiger partial charge on any atom is -0.494 e. The molecular formula is C14H20N2O3. The molecule has 0 aliphatic carbocycles. The Balaban J connectivity index is 2.08. The van der Waals surface area contributed by atoms with E-state index in [1.165, 1.54) is 0 Å². The molecule has 1 aliphatic rings. The van der Waals surface area contributed by atoms with E-state index in [0.717, 1.165) is 17.0 Å². The Hall–Kier alpha value is -1.59. The summed E-state index contributed by atoms with van der Waals surface area (Å²) in [6.07, 6.45) is 0.551. The maximum atomic E-state index is 12.2. The first kappa shape index (κ1) is 13.8. The second kappa shape index (κ2) is 5.59.